The molecule has 3 nitrogen and oxygen atoms in total. The summed E-state index contributed by atoms with van der Waals surface area (Å²) in [5.74, 6) is 0.719. The number of aryl methyl sites for hydroxylation is 1. The molecule has 1 aromatic rings. The first-order valence-corrected chi connectivity index (χ1v) is 5.60. The number of aliphatic hydroxyl groups is 1. The van der Waals surface area contributed by atoms with Crippen LogP contribution in [0.5, 0.6) is 5.75 Å². The minimum absolute atomic E-state index is 0.0606. The fourth-order valence-electron chi connectivity index (χ4n) is 1.82. The lowest BCUT2D eigenvalue weighted by atomic mass is 9.98. The number of hydrogen-bond donors (Lipinski definition) is 2. The van der Waals surface area contributed by atoms with Crippen molar-refractivity contribution in [2.75, 3.05) is 13.7 Å². The van der Waals surface area contributed by atoms with E-state index in [-0.39, 0.29) is 12.6 Å². The smallest absolute Gasteiger partial charge is 0.128 e. The maximum Gasteiger partial charge on any atom is 0.128 e. The third kappa shape index (κ3) is 2.48. The zero-order valence-corrected chi connectivity index (χ0v) is 10.6. The summed E-state index contributed by atoms with van der Waals surface area (Å²) in [7, 11) is 1.60. The molecule has 0 spiro atoms. The molecule has 0 saturated carbocycles. The van der Waals surface area contributed by atoms with Gasteiger partial charge in [0, 0.05) is 23.8 Å². The number of rotatable bonds is 4. The normalized spacial score (nSPS) is 12.6. The molecule has 0 heterocycles. The summed E-state index contributed by atoms with van der Waals surface area (Å²) in [4.78, 5) is 0. The lowest BCUT2D eigenvalue weighted by molar-refractivity contribution is 0.275. The van der Waals surface area contributed by atoms with Crippen LogP contribution in [0.25, 0.3) is 0 Å². The van der Waals surface area contributed by atoms with Gasteiger partial charge >= 0.3 is 0 Å². The van der Waals surface area contributed by atoms with E-state index in [1.807, 2.05) is 19.9 Å². The van der Waals surface area contributed by atoms with Crippen LogP contribution in [-0.2, 0) is 0 Å². The molecule has 16 heavy (non-hydrogen) atoms. The van der Waals surface area contributed by atoms with Gasteiger partial charge in [0.1, 0.15) is 5.75 Å². The van der Waals surface area contributed by atoms with Crippen molar-refractivity contribution in [1.29, 1.82) is 0 Å². The Morgan fingerprint density at radius 1 is 1.50 bits per heavy atom. The van der Waals surface area contributed by atoms with Crippen molar-refractivity contribution in [2.24, 2.45) is 5.73 Å². The molecular formula is C12H18ClNO2. The van der Waals surface area contributed by atoms with Crippen molar-refractivity contribution in [1.82, 2.24) is 0 Å². The Bertz CT molecular complexity index is 380. The number of benzene rings is 1. The Labute approximate surface area is 101 Å². The van der Waals surface area contributed by atoms with Crippen molar-refractivity contribution in [3.8, 4) is 5.75 Å². The highest BCUT2D eigenvalue weighted by Gasteiger charge is 2.17. The summed E-state index contributed by atoms with van der Waals surface area (Å²) in [6.07, 6.45) is 0.511. The second kappa shape index (κ2) is 5.53. The molecule has 0 fully saturated rings. The van der Waals surface area contributed by atoms with Crippen LogP contribution < -0.4 is 10.5 Å². The molecule has 0 amide bonds. The van der Waals surface area contributed by atoms with Crippen molar-refractivity contribution in [3.05, 3.63) is 27.8 Å². The molecule has 0 aliphatic rings. The molecule has 3 N–H and O–H groups in total. The topological polar surface area (TPSA) is 55.5 Å². The number of halogens is 1. The summed E-state index contributed by atoms with van der Waals surface area (Å²) in [5.41, 5.74) is 8.76. The Morgan fingerprint density at radius 3 is 2.62 bits per heavy atom. The van der Waals surface area contributed by atoms with E-state index in [1.54, 1.807) is 7.11 Å². The molecule has 0 saturated heterocycles. The Hall–Kier alpha value is -0.770. The summed E-state index contributed by atoms with van der Waals surface area (Å²) < 4.78 is 5.33. The number of nitrogens with two attached hydrogens (primary N) is 1. The fraction of sp³-hybridized carbons (Fsp3) is 0.500. The number of aliphatic hydroxyl groups excluding tert-OH is 1. The second-order valence-electron chi connectivity index (χ2n) is 3.87. The first-order chi connectivity index (χ1) is 7.52. The lowest BCUT2D eigenvalue weighted by Crippen LogP contribution is -2.14. The molecule has 0 aliphatic heterocycles. The van der Waals surface area contributed by atoms with Crippen LogP contribution in [0, 0.1) is 13.8 Å². The molecule has 1 rings (SSSR count). The molecular weight excluding hydrogens is 226 g/mol. The van der Waals surface area contributed by atoms with Crippen LogP contribution in [0.3, 0.4) is 0 Å². The Morgan fingerprint density at radius 2 is 2.12 bits per heavy atom. The second-order valence-corrected chi connectivity index (χ2v) is 4.25. The van der Waals surface area contributed by atoms with Crippen LogP contribution in [0.2, 0.25) is 5.02 Å². The first kappa shape index (κ1) is 13.3. The molecule has 1 atom stereocenters. The minimum atomic E-state index is -0.227. The largest absolute Gasteiger partial charge is 0.496 e. The highest BCUT2D eigenvalue weighted by molar-refractivity contribution is 6.32. The van der Waals surface area contributed by atoms with Gasteiger partial charge in [-0.1, -0.05) is 11.6 Å². The molecule has 1 unspecified atom stereocenters. The minimum Gasteiger partial charge on any atom is -0.496 e. The molecule has 0 radical (unpaired) electrons. The average Bonchev–Trinajstić information content (AvgIpc) is 2.26. The molecule has 0 aromatic heterocycles. The number of ether oxygens (including phenoxy) is 1. The van der Waals surface area contributed by atoms with E-state index in [1.165, 1.54) is 0 Å². The highest BCUT2D eigenvalue weighted by atomic mass is 35.5. The van der Waals surface area contributed by atoms with E-state index in [0.29, 0.717) is 11.4 Å². The SMILES string of the molecule is COc1c(C(N)CCO)cc(C)c(Cl)c1C. The van der Waals surface area contributed by atoms with Crippen LogP contribution in [0.4, 0.5) is 0 Å². The monoisotopic (exact) mass is 243 g/mol. The average molecular weight is 244 g/mol. The van der Waals surface area contributed by atoms with E-state index in [0.717, 1.165) is 22.4 Å². The zero-order chi connectivity index (χ0) is 12.3. The van der Waals surface area contributed by atoms with Gasteiger partial charge in [-0.3, -0.25) is 0 Å². The molecule has 0 bridgehead atoms. The molecule has 0 aliphatic carbocycles. The van der Waals surface area contributed by atoms with Crippen molar-refractivity contribution in [2.45, 2.75) is 26.3 Å². The van der Waals surface area contributed by atoms with E-state index in [4.69, 9.17) is 27.2 Å². The third-order valence-electron chi connectivity index (χ3n) is 2.69. The quantitative estimate of drug-likeness (QED) is 0.854. The van der Waals surface area contributed by atoms with Gasteiger partial charge in [0.05, 0.1) is 12.1 Å². The number of hydrogen-bond acceptors (Lipinski definition) is 3. The molecule has 90 valence electrons. The maximum absolute atomic E-state index is 8.91. The van der Waals surface area contributed by atoms with Crippen molar-refractivity contribution >= 4 is 11.6 Å². The Balaban J connectivity index is 3.27. The summed E-state index contributed by atoms with van der Waals surface area (Å²) >= 11 is 6.15. The van der Waals surface area contributed by atoms with Crippen LogP contribution in [0.1, 0.15) is 29.2 Å². The van der Waals surface area contributed by atoms with E-state index in [9.17, 15) is 0 Å². The first-order valence-electron chi connectivity index (χ1n) is 5.23. The van der Waals surface area contributed by atoms with Gasteiger partial charge in [-0.05, 0) is 31.9 Å². The summed E-state index contributed by atoms with van der Waals surface area (Å²) in [6.45, 7) is 3.90. The predicted octanol–water partition coefficient (Wildman–Crippen LogP) is 2.35. The van der Waals surface area contributed by atoms with Crippen LogP contribution >= 0.6 is 11.6 Å². The zero-order valence-electron chi connectivity index (χ0n) is 9.88. The van der Waals surface area contributed by atoms with Crippen LogP contribution in [0.15, 0.2) is 6.07 Å². The molecule has 4 heteroatoms. The number of methoxy groups -OCH3 is 1. The van der Waals surface area contributed by atoms with Gasteiger partial charge in [0.25, 0.3) is 0 Å². The van der Waals surface area contributed by atoms with Crippen molar-refractivity contribution in [3.63, 3.8) is 0 Å². The van der Waals surface area contributed by atoms with Gasteiger partial charge in [-0.25, -0.2) is 0 Å². The van der Waals surface area contributed by atoms with Gasteiger partial charge in [0.15, 0.2) is 0 Å². The van der Waals surface area contributed by atoms with Gasteiger partial charge in [0.2, 0.25) is 0 Å². The molecule has 1 aromatic carbocycles. The van der Waals surface area contributed by atoms with Gasteiger partial charge in [-0.2, -0.15) is 0 Å². The Kier molecular flexibility index (Phi) is 4.59. The fourth-order valence-corrected chi connectivity index (χ4v) is 1.96. The third-order valence-corrected chi connectivity index (χ3v) is 3.28. The summed E-state index contributed by atoms with van der Waals surface area (Å²) in [6, 6.07) is 1.70. The maximum atomic E-state index is 8.91. The highest BCUT2D eigenvalue weighted by Crippen LogP contribution is 2.35. The standard InChI is InChI=1S/C12H18ClNO2/c1-7-6-9(10(14)4-5-15)12(16-3)8(2)11(7)13/h6,10,15H,4-5,14H2,1-3H3. The van der Waals surface area contributed by atoms with Crippen molar-refractivity contribution < 1.29 is 9.84 Å². The van der Waals surface area contributed by atoms with Gasteiger partial charge < -0.3 is 15.6 Å². The van der Waals surface area contributed by atoms with E-state index in [2.05, 4.69) is 0 Å². The van der Waals surface area contributed by atoms with Crippen LogP contribution in [-0.4, -0.2) is 18.8 Å². The predicted molar refractivity (Wildman–Crippen MR) is 66.1 cm³/mol. The summed E-state index contributed by atoms with van der Waals surface area (Å²) in [5, 5.41) is 9.61. The van der Waals surface area contributed by atoms with E-state index < -0.39 is 0 Å². The van der Waals surface area contributed by atoms with Gasteiger partial charge in [-0.15, -0.1) is 0 Å². The van der Waals surface area contributed by atoms with E-state index >= 15 is 0 Å². The lowest BCUT2D eigenvalue weighted by Gasteiger charge is -2.19.